The van der Waals surface area contributed by atoms with Crippen molar-refractivity contribution in [1.29, 1.82) is 0 Å². The minimum Gasteiger partial charge on any atom is -0.394 e. The lowest BCUT2D eigenvalue weighted by Gasteiger charge is -2.48. The summed E-state index contributed by atoms with van der Waals surface area (Å²) in [5.74, 6) is -0.285. The second kappa shape index (κ2) is 65.2. The fourth-order valence-corrected chi connectivity index (χ4v) is 13.4. The molecule has 3 heterocycles. The second-order valence-electron chi connectivity index (χ2n) is 29.2. The van der Waals surface area contributed by atoms with Crippen LogP contribution in [0.25, 0.3) is 0 Å². The lowest BCUT2D eigenvalue weighted by molar-refractivity contribution is -0.379. The third-order valence-electron chi connectivity index (χ3n) is 20.1. The maximum atomic E-state index is 13.5. The van der Waals surface area contributed by atoms with Crippen molar-refractivity contribution in [3.05, 3.63) is 109 Å². The Morgan fingerprint density at radius 2 is 0.657 bits per heavy atom. The van der Waals surface area contributed by atoms with E-state index in [1.165, 1.54) is 154 Å². The fraction of sp³-hybridized carbons (Fsp3) is 0.779. The maximum absolute atomic E-state index is 13.5. The average Bonchev–Trinajstić information content (AvgIpc) is 0.780. The summed E-state index contributed by atoms with van der Waals surface area (Å²) >= 11 is 0. The number of rotatable bonds is 65. The fourth-order valence-electron chi connectivity index (χ4n) is 13.4. The Bertz CT molecular complexity index is 2320. The molecule has 3 fully saturated rings. The van der Waals surface area contributed by atoms with E-state index in [0.717, 1.165) is 116 Å². The number of hydrogen-bond acceptors (Lipinski definition) is 18. The number of unbranched alkanes of at least 4 members (excludes halogenated alkanes) is 33. The molecule has 0 aliphatic carbocycles. The van der Waals surface area contributed by atoms with E-state index in [4.69, 9.17) is 28.4 Å². The van der Waals surface area contributed by atoms with E-state index in [1.54, 1.807) is 6.08 Å². The van der Waals surface area contributed by atoms with Crippen LogP contribution in [0.3, 0.4) is 0 Å². The number of hydrogen-bond donors (Lipinski definition) is 12. The van der Waals surface area contributed by atoms with Gasteiger partial charge in [0.15, 0.2) is 18.9 Å². The van der Waals surface area contributed by atoms with E-state index in [-0.39, 0.29) is 18.9 Å². The lowest BCUT2D eigenvalue weighted by Crippen LogP contribution is -2.66. The summed E-state index contributed by atoms with van der Waals surface area (Å²) in [5, 5.41) is 121. The second-order valence-corrected chi connectivity index (χ2v) is 29.2. The molecule has 3 aliphatic rings. The van der Waals surface area contributed by atoms with Gasteiger partial charge in [-0.05, 0) is 83.5 Å². The predicted octanol–water partition coefficient (Wildman–Crippen LogP) is 14.5. The minimum absolute atomic E-state index is 0.227. The number of nitrogens with one attached hydrogen (secondary N) is 1. The van der Waals surface area contributed by atoms with E-state index in [1.807, 2.05) is 6.08 Å². The molecule has 1 amide bonds. The summed E-state index contributed by atoms with van der Waals surface area (Å²) in [6.07, 6.45) is 63.5. The minimum atomic E-state index is -1.98. The van der Waals surface area contributed by atoms with Crippen molar-refractivity contribution in [2.45, 2.75) is 401 Å². The van der Waals surface area contributed by atoms with Crippen LogP contribution < -0.4 is 5.32 Å². The van der Waals surface area contributed by atoms with Crippen LogP contribution in [0.2, 0.25) is 0 Å². The molecule has 0 aromatic heterocycles. The van der Waals surface area contributed by atoms with Gasteiger partial charge in [0.2, 0.25) is 5.91 Å². The van der Waals surface area contributed by atoms with Crippen LogP contribution in [0.5, 0.6) is 0 Å². The first-order valence-corrected chi connectivity index (χ1v) is 41.6. The Morgan fingerprint density at radius 3 is 1.03 bits per heavy atom. The standard InChI is InChI=1S/C86H149NO18/c1-3-5-7-9-11-13-15-17-19-21-23-25-27-29-31-32-33-34-35-36-38-40-42-44-46-48-50-52-54-56-58-60-62-64-74(92)87-69(70(91)63-61-59-57-55-53-51-49-47-45-43-41-39-37-30-28-26-24-22-20-18-16-14-12-10-8-6-4-2)68-100-84-80(98)77(95)82(72(66-89)102-84)105-86-81(99)78(96)83(73(67-90)103-86)104-85-79(97)76(94)75(93)71(65-88)101-85/h5,7,11,13,17,19,23,25,29,31,33-34,36,38,42,44,61,63,69-73,75-86,88-91,93-99H,3-4,6,8-10,12,14-16,18,20-22,24,26-28,30,32,35,37,39-41,43,45-60,62,64-68H2,1-2H3,(H,87,92)/b7-5-,13-11-,19-17-,25-23-,31-29-,34-33-,38-36-,44-42-,63-61+. The Hall–Kier alpha value is -3.55. The number of carbonyl (C=O) groups excluding carboxylic acids is 1. The van der Waals surface area contributed by atoms with E-state index < -0.39 is 124 Å². The molecule has 3 saturated heterocycles. The van der Waals surface area contributed by atoms with Crippen molar-refractivity contribution in [3.63, 3.8) is 0 Å². The number of aliphatic hydroxyl groups is 11. The van der Waals surface area contributed by atoms with Crippen molar-refractivity contribution < 1.29 is 89.4 Å². The van der Waals surface area contributed by atoms with E-state index in [0.29, 0.717) is 6.42 Å². The number of allylic oxidation sites excluding steroid dienone is 17. The number of ether oxygens (including phenoxy) is 6. The first-order valence-electron chi connectivity index (χ1n) is 41.6. The first-order chi connectivity index (χ1) is 51.3. The highest BCUT2D eigenvalue weighted by atomic mass is 16.8. The monoisotopic (exact) mass is 1480 g/mol. The highest BCUT2D eigenvalue weighted by Crippen LogP contribution is 2.33. The Morgan fingerprint density at radius 1 is 0.352 bits per heavy atom. The van der Waals surface area contributed by atoms with E-state index in [9.17, 15) is 61.0 Å². The highest BCUT2D eigenvalue weighted by molar-refractivity contribution is 5.76. The zero-order chi connectivity index (χ0) is 76.0. The molecule has 0 radical (unpaired) electrons. The quantitative estimate of drug-likeness (QED) is 0.0199. The topological polar surface area (TPSA) is 307 Å². The molecule has 3 rings (SSSR count). The summed E-state index contributed by atoms with van der Waals surface area (Å²) < 4.78 is 34.5. The summed E-state index contributed by atoms with van der Waals surface area (Å²) in [6, 6.07) is -0.988. The van der Waals surface area contributed by atoms with Gasteiger partial charge in [-0.3, -0.25) is 4.79 Å². The van der Waals surface area contributed by atoms with Crippen LogP contribution in [-0.2, 0) is 33.2 Å². The Labute approximate surface area is 634 Å². The smallest absolute Gasteiger partial charge is 0.220 e. The molecule has 0 aromatic rings. The molecule has 19 heteroatoms. The van der Waals surface area contributed by atoms with Crippen LogP contribution >= 0.6 is 0 Å². The highest BCUT2D eigenvalue weighted by Gasteiger charge is 2.54. The summed E-state index contributed by atoms with van der Waals surface area (Å²) in [5.41, 5.74) is 0. The predicted molar refractivity (Wildman–Crippen MR) is 420 cm³/mol. The van der Waals surface area contributed by atoms with Crippen LogP contribution in [-0.4, -0.2) is 193 Å². The molecule has 17 atom stereocenters. The summed E-state index contributed by atoms with van der Waals surface area (Å²) in [7, 11) is 0. The Kier molecular flexibility index (Phi) is 59.4. The van der Waals surface area contributed by atoms with Gasteiger partial charge in [-0.15, -0.1) is 0 Å². The Balaban J connectivity index is 1.38. The molecular formula is C86H149NO18. The van der Waals surface area contributed by atoms with Gasteiger partial charge in [-0.25, -0.2) is 0 Å². The van der Waals surface area contributed by atoms with Gasteiger partial charge in [0.1, 0.15) is 73.2 Å². The molecule has 12 N–H and O–H groups in total. The molecule has 0 spiro atoms. The van der Waals surface area contributed by atoms with Gasteiger partial charge >= 0.3 is 0 Å². The third-order valence-corrected chi connectivity index (χ3v) is 20.1. The van der Waals surface area contributed by atoms with Crippen LogP contribution in [0, 0.1) is 0 Å². The number of aliphatic hydroxyl groups excluding tert-OH is 11. The van der Waals surface area contributed by atoms with E-state index in [2.05, 4.69) is 116 Å². The maximum Gasteiger partial charge on any atom is 0.220 e. The van der Waals surface area contributed by atoms with Crippen LogP contribution in [0.1, 0.15) is 296 Å². The van der Waals surface area contributed by atoms with Gasteiger partial charge < -0.3 is 89.9 Å². The molecule has 17 unspecified atom stereocenters. The molecule has 3 aliphatic heterocycles. The normalized spacial score (nSPS) is 26.4. The largest absolute Gasteiger partial charge is 0.394 e. The van der Waals surface area contributed by atoms with Crippen molar-refractivity contribution in [3.8, 4) is 0 Å². The number of amides is 1. The van der Waals surface area contributed by atoms with Crippen molar-refractivity contribution in [1.82, 2.24) is 5.32 Å². The van der Waals surface area contributed by atoms with Gasteiger partial charge in [-0.1, -0.05) is 316 Å². The molecule has 606 valence electrons. The molecule has 0 aromatic carbocycles. The van der Waals surface area contributed by atoms with Crippen molar-refractivity contribution in [2.75, 3.05) is 26.4 Å². The van der Waals surface area contributed by atoms with Gasteiger partial charge in [-0.2, -0.15) is 0 Å². The summed E-state index contributed by atoms with van der Waals surface area (Å²) in [6.45, 7) is 1.64. The van der Waals surface area contributed by atoms with Gasteiger partial charge in [0, 0.05) is 6.42 Å². The first kappa shape index (κ1) is 95.7. The van der Waals surface area contributed by atoms with Crippen LogP contribution in [0.15, 0.2) is 109 Å². The molecule has 19 nitrogen and oxygen atoms in total. The number of carbonyl (C=O) groups is 1. The van der Waals surface area contributed by atoms with Gasteiger partial charge in [0.25, 0.3) is 0 Å². The molecule has 0 saturated carbocycles. The van der Waals surface area contributed by atoms with Crippen molar-refractivity contribution in [2.24, 2.45) is 0 Å². The lowest BCUT2D eigenvalue weighted by atomic mass is 9.96. The average molecular weight is 1490 g/mol. The van der Waals surface area contributed by atoms with Gasteiger partial charge in [0.05, 0.1) is 38.6 Å². The van der Waals surface area contributed by atoms with Crippen molar-refractivity contribution >= 4 is 5.91 Å². The third kappa shape index (κ3) is 44.8. The van der Waals surface area contributed by atoms with E-state index >= 15 is 0 Å². The van der Waals surface area contributed by atoms with Crippen LogP contribution in [0.4, 0.5) is 0 Å². The zero-order valence-corrected chi connectivity index (χ0v) is 64.9. The SMILES string of the molecule is CC/C=C\C/C=C\C/C=C\C/C=C\C/C=C\C/C=C\C/C=C\C/C=C\CCCCCCCCCCC(=O)NC(COC1OC(CO)C(OC2OC(CO)C(OC3OC(CO)C(O)C(O)C3O)C(O)C2O)C(O)C1O)C(O)/C=C/CCCCCCCCCCCCCCCCCCCCCCCCCCC. The molecule has 0 bridgehead atoms. The zero-order valence-electron chi connectivity index (χ0n) is 64.9. The molecular weight excluding hydrogens is 1330 g/mol. The molecule has 105 heavy (non-hydrogen) atoms. The summed E-state index contributed by atoms with van der Waals surface area (Å²) in [4.78, 5) is 13.5.